The molecule has 0 amide bonds. The summed E-state index contributed by atoms with van der Waals surface area (Å²) >= 11 is 0. The highest BCUT2D eigenvalue weighted by Gasteiger charge is 2.88. The zero-order valence-corrected chi connectivity index (χ0v) is 58.3. The van der Waals surface area contributed by atoms with Gasteiger partial charge in [0, 0.05) is 0 Å². The summed E-state index contributed by atoms with van der Waals surface area (Å²) in [6.07, 6.45) is -8.86. The van der Waals surface area contributed by atoms with Crippen LogP contribution in [0.25, 0.3) is 0 Å². The van der Waals surface area contributed by atoms with Crippen LogP contribution in [0.15, 0.2) is 0 Å². The Morgan fingerprint density at radius 2 is 0.695 bits per heavy atom. The zero-order chi connectivity index (χ0) is 74.4. The van der Waals surface area contributed by atoms with Gasteiger partial charge < -0.3 is 0 Å². The van der Waals surface area contributed by atoms with Gasteiger partial charge in [0.25, 0.3) is 5.92 Å². The second-order valence-corrected chi connectivity index (χ2v) is 32.0. The Balaban J connectivity index is 0.000000372. The van der Waals surface area contributed by atoms with Crippen molar-refractivity contribution in [3.63, 3.8) is 0 Å². The topological polar surface area (TPSA) is 0 Å². The van der Waals surface area contributed by atoms with Crippen molar-refractivity contribution < 1.29 is 114 Å². The third kappa shape index (κ3) is 23.1. The molecule has 10 aliphatic carbocycles. The Bertz CT molecular complexity index is 2150. The van der Waals surface area contributed by atoms with Gasteiger partial charge in [-0.25, -0.2) is 17.6 Å². The molecule has 0 aliphatic heterocycles. The molecule has 0 heterocycles. The van der Waals surface area contributed by atoms with Crippen LogP contribution < -0.4 is 0 Å². The molecule has 10 fully saturated rings. The summed E-state index contributed by atoms with van der Waals surface area (Å²) in [6.45, 7) is 25.7. The van der Waals surface area contributed by atoms with Crippen molar-refractivity contribution >= 4 is 0 Å². The molecule has 2 bridgehead atoms. The van der Waals surface area contributed by atoms with E-state index in [4.69, 9.17) is 0 Å². The standard InChI is InChI=1S/C10H14F6.C9H13F3.3C9H15F3.C8H15F.C8H16.C7H7F7/c1-5-3-6(2)8(10(14,15)16)7(4-5)9(11,12)13;1-5-6-3-4-7(5)8(6,2)9(10,11)12;1-6-3-7(2)5-8(4-6)9(10,11)12;1-7-3-5-8(2,6-4-7)9(10,11)12;1-6-4-3-5-8(7(6)2)9(10,11)12;1-7-3-5-8(2,9)6-4-7;1-7-3-5-8(2)6-4-7;1-3-5(9,10)4(2,8)7(13,14)6(3,11)12/h5-8H,3-4H2,1-2H3;5-7H,3-4H2,1-2H3;6-8H,3-5H2,1-2H3;7H,3-6H2,1-2H3;6-8H,3-5H2,1-2H3;7H,3-6H2,1-2H3;7-8H,3-6H2,1-2H3;3H,1-2H3/t5-,6?,7?,8?;5?,6-,7+,8?;6-,7?,8?;;6?,7-,8?;;;3-,4?/m0.0.1..0/s1. The van der Waals surface area contributed by atoms with Crippen LogP contribution in [-0.4, -0.2) is 66.2 Å². The molecule has 10 rings (SSSR count). The van der Waals surface area contributed by atoms with Crippen LogP contribution in [0.2, 0.25) is 0 Å². The summed E-state index contributed by atoms with van der Waals surface area (Å²) in [4.78, 5) is 0. The lowest BCUT2D eigenvalue weighted by molar-refractivity contribution is -0.291. The molecule has 26 heteroatoms. The van der Waals surface area contributed by atoms with E-state index in [1.54, 1.807) is 20.8 Å². The van der Waals surface area contributed by atoms with Crippen molar-refractivity contribution in [1.29, 1.82) is 0 Å². The van der Waals surface area contributed by atoms with Crippen molar-refractivity contribution in [2.24, 2.45) is 117 Å². The van der Waals surface area contributed by atoms with Crippen LogP contribution in [0.3, 0.4) is 0 Å². The summed E-state index contributed by atoms with van der Waals surface area (Å²) in [5.41, 5.74) is -8.11. The van der Waals surface area contributed by atoms with Gasteiger partial charge in [-0.05, 0) is 194 Å². The Hall–Kier alpha value is -1.82. The Labute approximate surface area is 548 Å². The third-order valence-corrected chi connectivity index (χ3v) is 23.7. The lowest BCUT2D eigenvalue weighted by Gasteiger charge is -2.53. The summed E-state index contributed by atoms with van der Waals surface area (Å²) < 4.78 is 327. The molecule has 16 atom stereocenters. The van der Waals surface area contributed by atoms with Gasteiger partial charge in [0.2, 0.25) is 5.67 Å². The SMILES string of the molecule is CC1CC(C(F)(F)F)C[C@@H](C)C1.CC1CCC(C)(C(F)(F)F)CC1.CC1CCC(C)(F)CC1.CC1CCC(C)CC1.CC1CCCC(C(F)(F)F)[C@@H]1C.CC1C[C@H](C)CC(C(F)(F)F)C1C(F)(F)F.CC1[C@H]2CC[C@@H]1C2(C)C(F)(F)F.C[C@H]1C(F)(F)C(C)(F)C(F)(F)C1(F)F. The average Bonchev–Trinajstić information content (AvgIpc) is 1.57. The fraction of sp³-hybridized carbons (Fsp3) is 1.00. The number of alkyl halides is 26. The Morgan fingerprint density at radius 3 is 0.968 bits per heavy atom. The molecule has 0 saturated heterocycles. The van der Waals surface area contributed by atoms with Gasteiger partial charge in [-0.1, -0.05) is 135 Å². The van der Waals surface area contributed by atoms with Crippen molar-refractivity contribution in [3.8, 4) is 0 Å². The Morgan fingerprint density at radius 1 is 0.316 bits per heavy atom. The van der Waals surface area contributed by atoms with Gasteiger partial charge in [-0.3, -0.25) is 0 Å². The average molecular weight is 1430 g/mol. The van der Waals surface area contributed by atoms with Crippen LogP contribution in [0, 0.1) is 117 Å². The molecule has 0 radical (unpaired) electrons. The first-order valence-electron chi connectivity index (χ1n) is 34.3. The van der Waals surface area contributed by atoms with Crippen molar-refractivity contribution in [2.45, 2.75) is 318 Å². The van der Waals surface area contributed by atoms with Gasteiger partial charge in [0.1, 0.15) is 5.67 Å². The first-order chi connectivity index (χ1) is 42.4. The van der Waals surface area contributed by atoms with Crippen LogP contribution in [-0.2, 0) is 0 Å². The van der Waals surface area contributed by atoms with Gasteiger partial charge in [0.05, 0.1) is 40.4 Å². The molecular formula is C69H110F26. The molecule has 0 nitrogen and oxygen atoms in total. The fourth-order valence-corrected chi connectivity index (χ4v) is 16.3. The lowest BCUT2D eigenvalue weighted by Crippen LogP contribution is -2.56. The minimum absolute atomic E-state index is 0.0949. The molecule has 568 valence electrons. The maximum absolute atomic E-state index is 13.0. The molecule has 10 unspecified atom stereocenters. The second-order valence-electron chi connectivity index (χ2n) is 32.0. The first-order valence-corrected chi connectivity index (χ1v) is 34.3. The molecule has 0 aromatic carbocycles. The third-order valence-electron chi connectivity index (χ3n) is 23.7. The maximum Gasteiger partial charge on any atom is 0.394 e. The van der Waals surface area contributed by atoms with E-state index in [1.807, 2.05) is 34.6 Å². The van der Waals surface area contributed by atoms with Crippen molar-refractivity contribution in [2.75, 3.05) is 0 Å². The summed E-state index contributed by atoms with van der Waals surface area (Å²) in [7, 11) is 0. The highest BCUT2D eigenvalue weighted by Crippen LogP contribution is 2.71. The van der Waals surface area contributed by atoms with E-state index >= 15 is 0 Å². The molecule has 0 aromatic heterocycles. The predicted octanol–water partition coefficient (Wildman–Crippen LogP) is 27.7. The largest absolute Gasteiger partial charge is 0.394 e. The normalized spacial score (nSPS) is 41.5. The lowest BCUT2D eigenvalue weighted by atomic mass is 9.53. The highest BCUT2D eigenvalue weighted by atomic mass is 19.4. The summed E-state index contributed by atoms with van der Waals surface area (Å²) in [6, 6.07) is 0. The van der Waals surface area contributed by atoms with Gasteiger partial charge in [0.15, 0.2) is 0 Å². The predicted molar refractivity (Wildman–Crippen MR) is 319 cm³/mol. The van der Waals surface area contributed by atoms with E-state index in [1.165, 1.54) is 46.5 Å². The van der Waals surface area contributed by atoms with Crippen LogP contribution in [0.5, 0.6) is 0 Å². The molecular weight excluding hydrogens is 1320 g/mol. The number of hydrogen-bond donors (Lipinski definition) is 0. The van der Waals surface area contributed by atoms with E-state index in [2.05, 4.69) is 20.8 Å². The number of halogens is 26. The minimum Gasteiger partial charge on any atom is -0.244 e. The molecule has 95 heavy (non-hydrogen) atoms. The van der Waals surface area contributed by atoms with E-state index in [9.17, 15) is 114 Å². The number of rotatable bonds is 0. The van der Waals surface area contributed by atoms with Gasteiger partial charge >= 0.3 is 48.9 Å². The monoisotopic (exact) mass is 1430 g/mol. The van der Waals surface area contributed by atoms with Crippen molar-refractivity contribution in [1.82, 2.24) is 0 Å². The molecule has 10 saturated carbocycles. The van der Waals surface area contributed by atoms with E-state index in [-0.39, 0.29) is 61.7 Å². The van der Waals surface area contributed by atoms with Crippen molar-refractivity contribution in [3.05, 3.63) is 0 Å². The quantitative estimate of drug-likeness (QED) is 0.212. The number of hydrogen-bond acceptors (Lipinski definition) is 0. The van der Waals surface area contributed by atoms with Gasteiger partial charge in [-0.2, -0.15) is 96.6 Å². The molecule has 0 spiro atoms. The molecule has 10 aliphatic rings. The highest BCUT2D eigenvalue weighted by molar-refractivity contribution is 5.19. The fourth-order valence-electron chi connectivity index (χ4n) is 16.3. The van der Waals surface area contributed by atoms with Crippen LogP contribution >= 0.6 is 0 Å². The number of fused-ring (bicyclic) bond motifs is 1. The molecule has 0 aromatic rings. The van der Waals surface area contributed by atoms with E-state index in [0.717, 1.165) is 88.4 Å². The summed E-state index contributed by atoms with van der Waals surface area (Å²) in [5, 5.41) is 0. The van der Waals surface area contributed by atoms with E-state index in [0.29, 0.717) is 43.9 Å². The molecule has 0 N–H and O–H groups in total. The van der Waals surface area contributed by atoms with E-state index < -0.39 is 119 Å². The summed E-state index contributed by atoms with van der Waals surface area (Å²) in [5.74, 6) is -22.1. The first kappa shape index (κ1) is 89.3. The second kappa shape index (κ2) is 33.1. The van der Waals surface area contributed by atoms with Crippen LogP contribution in [0.1, 0.15) is 252 Å². The maximum atomic E-state index is 13.0. The Kier molecular flexibility index (Phi) is 31.1. The van der Waals surface area contributed by atoms with Gasteiger partial charge in [-0.15, -0.1) is 0 Å². The zero-order valence-electron chi connectivity index (χ0n) is 58.3. The smallest absolute Gasteiger partial charge is 0.244 e. The minimum atomic E-state index is -5.36. The van der Waals surface area contributed by atoms with Crippen LogP contribution in [0.4, 0.5) is 114 Å².